The van der Waals surface area contributed by atoms with Gasteiger partial charge in [-0.05, 0) is 31.6 Å². The first kappa shape index (κ1) is 19.7. The Kier molecular flexibility index (Phi) is 9.84. The summed E-state index contributed by atoms with van der Waals surface area (Å²) < 4.78 is 0. The molecule has 0 saturated heterocycles. The number of unbranched alkanes of at least 4 members (excludes halogenated alkanes) is 2. The lowest BCUT2D eigenvalue weighted by Crippen LogP contribution is -2.41. The summed E-state index contributed by atoms with van der Waals surface area (Å²) in [4.78, 5) is 22.3. The molecule has 0 spiro atoms. The van der Waals surface area contributed by atoms with Crippen LogP contribution >= 0.6 is 0 Å². The molecule has 5 heteroatoms. The second kappa shape index (κ2) is 10.5. The van der Waals surface area contributed by atoms with Crippen LogP contribution in [0.5, 0.6) is 0 Å². The van der Waals surface area contributed by atoms with E-state index >= 15 is 0 Å². The number of hydrogen-bond acceptors (Lipinski definition) is 2. The van der Waals surface area contributed by atoms with Crippen molar-refractivity contribution < 1.29 is 14.7 Å². The van der Waals surface area contributed by atoms with E-state index in [1.165, 1.54) is 12.8 Å². The number of aliphatic carboxylic acids is 1. The molecule has 1 atom stereocenters. The van der Waals surface area contributed by atoms with E-state index in [2.05, 4.69) is 17.6 Å². The zero-order chi connectivity index (χ0) is 16.3. The minimum atomic E-state index is -0.769. The highest BCUT2D eigenvalue weighted by Gasteiger charge is 2.19. The number of hydrogen-bond donors (Lipinski definition) is 3. The minimum Gasteiger partial charge on any atom is -0.481 e. The standard InChI is InChI=1S/C16H32N2O3/c1-5-6-7-8-13(2)18-15(21)17-12-11-16(3,4)10-9-14(19)20/h13H,5-12H2,1-4H3,(H,19,20)(H2,17,18,21). The first-order chi connectivity index (χ1) is 9.76. The van der Waals surface area contributed by atoms with Gasteiger partial charge < -0.3 is 15.7 Å². The summed E-state index contributed by atoms with van der Waals surface area (Å²) in [6, 6.07) is 0.0598. The van der Waals surface area contributed by atoms with Crippen molar-refractivity contribution in [3.63, 3.8) is 0 Å². The average Bonchev–Trinajstić information content (AvgIpc) is 2.36. The van der Waals surface area contributed by atoms with Crippen LogP contribution in [-0.2, 0) is 4.79 Å². The number of rotatable bonds is 11. The summed E-state index contributed by atoms with van der Waals surface area (Å²) in [5.41, 5.74) is -0.0710. The molecule has 0 heterocycles. The molecule has 0 aliphatic carbocycles. The molecule has 5 nitrogen and oxygen atoms in total. The van der Waals surface area contributed by atoms with Crippen LogP contribution in [0.15, 0.2) is 0 Å². The average molecular weight is 300 g/mol. The topological polar surface area (TPSA) is 78.4 Å². The van der Waals surface area contributed by atoms with Crippen molar-refractivity contribution in [3.8, 4) is 0 Å². The minimum absolute atomic E-state index is 0.0710. The van der Waals surface area contributed by atoms with Crippen LogP contribution in [0.3, 0.4) is 0 Å². The fourth-order valence-electron chi connectivity index (χ4n) is 2.13. The van der Waals surface area contributed by atoms with Crippen molar-refractivity contribution in [2.24, 2.45) is 5.41 Å². The summed E-state index contributed by atoms with van der Waals surface area (Å²) in [7, 11) is 0. The van der Waals surface area contributed by atoms with Gasteiger partial charge in [0.15, 0.2) is 0 Å². The largest absolute Gasteiger partial charge is 0.481 e. The van der Waals surface area contributed by atoms with E-state index in [-0.39, 0.29) is 23.9 Å². The van der Waals surface area contributed by atoms with Crippen molar-refractivity contribution in [3.05, 3.63) is 0 Å². The normalized spacial score (nSPS) is 12.8. The van der Waals surface area contributed by atoms with E-state index in [1.54, 1.807) is 0 Å². The monoisotopic (exact) mass is 300 g/mol. The molecule has 2 amide bonds. The van der Waals surface area contributed by atoms with E-state index in [1.807, 2.05) is 20.8 Å². The summed E-state index contributed by atoms with van der Waals surface area (Å²) >= 11 is 0. The van der Waals surface area contributed by atoms with Gasteiger partial charge in [0, 0.05) is 19.0 Å². The maximum absolute atomic E-state index is 11.7. The quantitative estimate of drug-likeness (QED) is 0.511. The van der Waals surface area contributed by atoms with Gasteiger partial charge in [0.2, 0.25) is 0 Å². The SMILES string of the molecule is CCCCCC(C)NC(=O)NCCC(C)(C)CCC(=O)O. The van der Waals surface area contributed by atoms with E-state index in [9.17, 15) is 9.59 Å². The van der Waals surface area contributed by atoms with Gasteiger partial charge in [-0.25, -0.2) is 4.79 Å². The fraction of sp³-hybridized carbons (Fsp3) is 0.875. The van der Waals surface area contributed by atoms with Crippen LogP contribution in [0, 0.1) is 5.41 Å². The first-order valence-corrected chi connectivity index (χ1v) is 8.03. The smallest absolute Gasteiger partial charge is 0.314 e. The van der Waals surface area contributed by atoms with Gasteiger partial charge in [-0.1, -0.05) is 40.0 Å². The maximum Gasteiger partial charge on any atom is 0.314 e. The molecule has 21 heavy (non-hydrogen) atoms. The second-order valence-electron chi connectivity index (χ2n) is 6.61. The molecule has 0 radical (unpaired) electrons. The van der Waals surface area contributed by atoms with Crippen LogP contribution in [0.2, 0.25) is 0 Å². The lowest BCUT2D eigenvalue weighted by molar-refractivity contribution is -0.137. The molecule has 0 aromatic heterocycles. The molecule has 124 valence electrons. The highest BCUT2D eigenvalue weighted by molar-refractivity contribution is 5.74. The Morgan fingerprint density at radius 2 is 1.86 bits per heavy atom. The molecule has 0 bridgehead atoms. The first-order valence-electron chi connectivity index (χ1n) is 8.03. The molecule has 0 aliphatic heterocycles. The van der Waals surface area contributed by atoms with Gasteiger partial charge in [-0.3, -0.25) is 4.79 Å². The lowest BCUT2D eigenvalue weighted by Gasteiger charge is -2.24. The zero-order valence-electron chi connectivity index (χ0n) is 14.0. The van der Waals surface area contributed by atoms with Gasteiger partial charge in [0.25, 0.3) is 0 Å². The van der Waals surface area contributed by atoms with Crippen LogP contribution < -0.4 is 10.6 Å². The highest BCUT2D eigenvalue weighted by atomic mass is 16.4. The fourth-order valence-corrected chi connectivity index (χ4v) is 2.13. The number of carboxylic acids is 1. The number of carbonyl (C=O) groups is 2. The predicted molar refractivity (Wildman–Crippen MR) is 85.4 cm³/mol. The van der Waals surface area contributed by atoms with Crippen molar-refractivity contribution in [1.29, 1.82) is 0 Å². The van der Waals surface area contributed by atoms with Gasteiger partial charge in [0.05, 0.1) is 0 Å². The van der Waals surface area contributed by atoms with Crippen molar-refractivity contribution in [2.75, 3.05) is 6.54 Å². The van der Waals surface area contributed by atoms with Crippen molar-refractivity contribution >= 4 is 12.0 Å². The Morgan fingerprint density at radius 1 is 1.19 bits per heavy atom. The molecular weight excluding hydrogens is 268 g/mol. The Bertz CT molecular complexity index is 317. The van der Waals surface area contributed by atoms with Crippen LogP contribution in [0.25, 0.3) is 0 Å². The zero-order valence-corrected chi connectivity index (χ0v) is 14.0. The molecule has 0 aliphatic rings. The molecule has 3 N–H and O–H groups in total. The predicted octanol–water partition coefficient (Wildman–Crippen LogP) is 3.54. The maximum atomic E-state index is 11.7. The molecule has 0 saturated carbocycles. The number of nitrogens with one attached hydrogen (secondary N) is 2. The number of carbonyl (C=O) groups excluding carboxylic acids is 1. The Balaban J connectivity index is 3.79. The van der Waals surface area contributed by atoms with Crippen molar-refractivity contribution in [1.82, 2.24) is 10.6 Å². The summed E-state index contributed by atoms with van der Waals surface area (Å²) in [6.45, 7) is 8.81. The number of urea groups is 1. The third kappa shape index (κ3) is 12.2. The van der Waals surface area contributed by atoms with E-state index < -0.39 is 5.97 Å². The van der Waals surface area contributed by atoms with Gasteiger partial charge in [-0.2, -0.15) is 0 Å². The number of carboxylic acid groups (broad SMARTS) is 1. The number of amides is 2. The summed E-state index contributed by atoms with van der Waals surface area (Å²) in [5.74, 6) is -0.769. The Morgan fingerprint density at radius 3 is 2.43 bits per heavy atom. The van der Waals surface area contributed by atoms with Gasteiger partial charge >= 0.3 is 12.0 Å². The van der Waals surface area contributed by atoms with Gasteiger partial charge in [-0.15, -0.1) is 0 Å². The van der Waals surface area contributed by atoms with Crippen LogP contribution in [0.1, 0.15) is 72.6 Å². The third-order valence-corrected chi connectivity index (χ3v) is 3.72. The van der Waals surface area contributed by atoms with E-state index in [0.717, 1.165) is 19.3 Å². The second-order valence-corrected chi connectivity index (χ2v) is 6.61. The molecule has 1 unspecified atom stereocenters. The molecule has 0 rings (SSSR count). The van der Waals surface area contributed by atoms with Crippen molar-refractivity contribution in [2.45, 2.75) is 78.7 Å². The van der Waals surface area contributed by atoms with E-state index in [4.69, 9.17) is 5.11 Å². The Labute approximate surface area is 128 Å². The summed E-state index contributed by atoms with van der Waals surface area (Å²) in [5, 5.41) is 14.5. The third-order valence-electron chi connectivity index (χ3n) is 3.72. The Hall–Kier alpha value is -1.26. The molecule has 0 fully saturated rings. The van der Waals surface area contributed by atoms with Crippen LogP contribution in [0.4, 0.5) is 4.79 Å². The molecular formula is C16H32N2O3. The van der Waals surface area contributed by atoms with Gasteiger partial charge in [0.1, 0.15) is 0 Å². The lowest BCUT2D eigenvalue weighted by atomic mass is 9.84. The van der Waals surface area contributed by atoms with E-state index in [0.29, 0.717) is 13.0 Å². The van der Waals surface area contributed by atoms with Crippen LogP contribution in [-0.4, -0.2) is 29.7 Å². The highest BCUT2D eigenvalue weighted by Crippen LogP contribution is 2.25. The molecule has 0 aromatic rings. The molecule has 0 aromatic carbocycles. The summed E-state index contributed by atoms with van der Waals surface area (Å²) in [6.07, 6.45) is 6.10.